The molecule has 8 heteroatoms. The Morgan fingerprint density at radius 3 is 2.65 bits per heavy atom. The summed E-state index contributed by atoms with van der Waals surface area (Å²) in [6.07, 6.45) is 4.72. The van der Waals surface area contributed by atoms with Gasteiger partial charge in [0.2, 0.25) is 5.91 Å². The Bertz CT molecular complexity index is 619. The molecule has 0 spiro atoms. The first-order chi connectivity index (χ1) is 10.6. The van der Waals surface area contributed by atoms with Crippen molar-refractivity contribution < 1.29 is 4.79 Å². The van der Waals surface area contributed by atoms with Crippen molar-refractivity contribution in [2.45, 2.75) is 17.4 Å². The normalized spacial score (nSPS) is 11.6. The Hall–Kier alpha value is -0.730. The minimum Gasteiger partial charge on any atom is -0.320 e. The smallest absolute Gasteiger partial charge is 0.243 e. The van der Waals surface area contributed by atoms with E-state index in [1.165, 1.54) is 16.2 Å². The fourth-order valence-electron chi connectivity index (χ4n) is 1.80. The number of hydrogen-bond donors (Lipinski definition) is 2. The molecule has 0 aliphatic heterocycles. The Morgan fingerprint density at radius 2 is 2.04 bits per heavy atom. The van der Waals surface area contributed by atoms with Crippen LogP contribution >= 0.6 is 47.3 Å². The summed E-state index contributed by atoms with van der Waals surface area (Å²) in [6.45, 7) is 0. The lowest BCUT2D eigenvalue weighted by Gasteiger charge is -2.09. The second-order valence-electron chi connectivity index (χ2n) is 4.64. The van der Waals surface area contributed by atoms with Gasteiger partial charge in [0.1, 0.15) is 0 Å². The van der Waals surface area contributed by atoms with Crippen molar-refractivity contribution in [1.29, 1.82) is 0 Å². The van der Waals surface area contributed by atoms with Crippen LogP contribution in [0.5, 0.6) is 0 Å². The van der Waals surface area contributed by atoms with Gasteiger partial charge in [0.25, 0.3) is 0 Å². The summed E-state index contributed by atoms with van der Waals surface area (Å²) in [5, 5.41) is 5.33. The summed E-state index contributed by atoms with van der Waals surface area (Å²) in [4.78, 5) is 17.6. The first-order valence-corrected chi connectivity index (χ1v) is 10.3. The van der Waals surface area contributed by atoms with E-state index in [0.29, 0.717) is 11.6 Å². The molecule has 0 aliphatic rings. The van der Waals surface area contributed by atoms with Crippen molar-refractivity contribution in [3.63, 3.8) is 0 Å². The Balaban J connectivity index is 0.00000264. The second-order valence-corrected chi connectivity index (χ2v) is 7.37. The molecule has 0 aliphatic carbocycles. The first-order valence-electron chi connectivity index (χ1n) is 6.79. The topological polar surface area (TPSA) is 68.0 Å². The number of thiazole rings is 1. The number of nitrogens with two attached hydrogens (primary N) is 1. The summed E-state index contributed by atoms with van der Waals surface area (Å²) in [5.41, 5.74) is 7.76. The number of nitrogens with zero attached hydrogens (tertiary/aromatic N) is 1. The van der Waals surface area contributed by atoms with Crippen molar-refractivity contribution >= 4 is 58.3 Å². The van der Waals surface area contributed by atoms with Gasteiger partial charge in [-0.3, -0.25) is 4.79 Å². The SMILES string of the molecule is CSCCC(N)C(=O)Nc1nc(-c2ccc(SC)cc2)cs1.Cl. The van der Waals surface area contributed by atoms with Gasteiger partial charge in [0, 0.05) is 15.8 Å². The number of hydrogen-bond acceptors (Lipinski definition) is 6. The molecule has 0 bridgehead atoms. The van der Waals surface area contributed by atoms with Crippen LogP contribution in [-0.2, 0) is 4.79 Å². The number of halogens is 1. The molecule has 1 aromatic carbocycles. The third-order valence-corrected chi connectivity index (χ3v) is 5.24. The average Bonchev–Trinajstić information content (AvgIpc) is 3.01. The molecular weight excluding hydrogens is 370 g/mol. The van der Waals surface area contributed by atoms with Gasteiger partial charge < -0.3 is 11.1 Å². The highest BCUT2D eigenvalue weighted by atomic mass is 35.5. The average molecular weight is 390 g/mol. The van der Waals surface area contributed by atoms with Crippen molar-refractivity contribution in [3.05, 3.63) is 29.6 Å². The van der Waals surface area contributed by atoms with Gasteiger partial charge in [-0.1, -0.05) is 12.1 Å². The molecule has 1 aromatic heterocycles. The lowest BCUT2D eigenvalue weighted by atomic mass is 10.2. The van der Waals surface area contributed by atoms with Crippen LogP contribution in [0.1, 0.15) is 6.42 Å². The maximum absolute atomic E-state index is 12.0. The predicted octanol–water partition coefficient (Wildman–Crippen LogP) is 3.97. The van der Waals surface area contributed by atoms with Crippen molar-refractivity contribution in [1.82, 2.24) is 4.98 Å². The minimum atomic E-state index is -0.485. The van der Waals surface area contributed by atoms with Crippen LogP contribution in [0.2, 0.25) is 0 Å². The third-order valence-electron chi connectivity index (χ3n) is 3.09. The molecule has 1 amide bonds. The van der Waals surface area contributed by atoms with E-state index in [1.807, 2.05) is 30.0 Å². The quantitative estimate of drug-likeness (QED) is 0.701. The van der Waals surface area contributed by atoms with Gasteiger partial charge in [-0.05, 0) is 36.8 Å². The van der Waals surface area contributed by atoms with Gasteiger partial charge in [-0.15, -0.1) is 35.5 Å². The van der Waals surface area contributed by atoms with E-state index < -0.39 is 6.04 Å². The Labute approximate surface area is 155 Å². The van der Waals surface area contributed by atoms with E-state index in [-0.39, 0.29) is 18.3 Å². The Kier molecular flexibility index (Phi) is 9.01. The Morgan fingerprint density at radius 1 is 1.35 bits per heavy atom. The molecule has 4 nitrogen and oxygen atoms in total. The molecule has 3 N–H and O–H groups in total. The van der Waals surface area contributed by atoms with E-state index in [0.717, 1.165) is 17.0 Å². The van der Waals surface area contributed by atoms with Crippen LogP contribution < -0.4 is 11.1 Å². The molecule has 0 fully saturated rings. The molecule has 2 aromatic rings. The number of benzene rings is 1. The lowest BCUT2D eigenvalue weighted by Crippen LogP contribution is -2.36. The first kappa shape index (κ1) is 20.3. The molecule has 1 heterocycles. The number of nitrogens with one attached hydrogen (secondary N) is 1. The number of carbonyl (C=O) groups excluding carboxylic acids is 1. The van der Waals surface area contributed by atoms with E-state index in [9.17, 15) is 4.79 Å². The number of carbonyl (C=O) groups is 1. The van der Waals surface area contributed by atoms with E-state index >= 15 is 0 Å². The van der Waals surface area contributed by atoms with Crippen LogP contribution in [0.15, 0.2) is 34.5 Å². The number of amides is 1. The van der Waals surface area contributed by atoms with Crippen molar-refractivity contribution in [2.24, 2.45) is 5.73 Å². The molecule has 1 unspecified atom stereocenters. The van der Waals surface area contributed by atoms with Gasteiger partial charge in [-0.25, -0.2) is 4.98 Å². The number of aromatic nitrogens is 1. The highest BCUT2D eigenvalue weighted by Crippen LogP contribution is 2.26. The molecule has 0 saturated heterocycles. The van der Waals surface area contributed by atoms with Gasteiger partial charge >= 0.3 is 0 Å². The zero-order valence-corrected chi connectivity index (χ0v) is 16.2. The standard InChI is InChI=1S/C15H19N3OS3.ClH/c1-20-8-7-12(16)14(19)18-15-17-13(9-22-15)10-3-5-11(21-2)6-4-10;/h3-6,9,12H,7-8,16H2,1-2H3,(H,17,18,19);1H. The number of rotatable bonds is 7. The van der Waals surface area contributed by atoms with Crippen LogP contribution in [0.25, 0.3) is 11.3 Å². The van der Waals surface area contributed by atoms with Gasteiger partial charge in [0.05, 0.1) is 11.7 Å². The number of thioether (sulfide) groups is 2. The zero-order valence-electron chi connectivity index (χ0n) is 12.9. The molecule has 2 rings (SSSR count). The zero-order chi connectivity index (χ0) is 15.9. The fraction of sp³-hybridized carbons (Fsp3) is 0.333. The molecule has 0 radical (unpaired) electrons. The number of anilines is 1. The highest BCUT2D eigenvalue weighted by molar-refractivity contribution is 7.98. The highest BCUT2D eigenvalue weighted by Gasteiger charge is 2.15. The van der Waals surface area contributed by atoms with Crippen LogP contribution in [-0.4, -0.2) is 35.2 Å². The van der Waals surface area contributed by atoms with E-state index in [4.69, 9.17) is 5.73 Å². The third kappa shape index (κ3) is 6.00. The minimum absolute atomic E-state index is 0. The fourth-order valence-corrected chi connectivity index (χ4v) is 3.42. The van der Waals surface area contributed by atoms with Crippen LogP contribution in [0.3, 0.4) is 0 Å². The molecule has 0 saturated carbocycles. The molecule has 23 heavy (non-hydrogen) atoms. The van der Waals surface area contributed by atoms with Gasteiger partial charge in [-0.2, -0.15) is 11.8 Å². The summed E-state index contributed by atoms with van der Waals surface area (Å²) in [6, 6.07) is 7.72. The maximum atomic E-state index is 12.0. The molecular formula is C15H20ClN3OS3. The second kappa shape index (κ2) is 10.2. The summed E-state index contributed by atoms with van der Waals surface area (Å²) in [5.74, 6) is 0.701. The molecule has 1 atom stereocenters. The summed E-state index contributed by atoms with van der Waals surface area (Å²) >= 11 is 4.80. The van der Waals surface area contributed by atoms with Gasteiger partial charge in [0.15, 0.2) is 5.13 Å². The lowest BCUT2D eigenvalue weighted by molar-refractivity contribution is -0.117. The van der Waals surface area contributed by atoms with Crippen LogP contribution in [0, 0.1) is 0 Å². The predicted molar refractivity (Wildman–Crippen MR) is 106 cm³/mol. The summed E-state index contributed by atoms with van der Waals surface area (Å²) in [7, 11) is 0. The van der Waals surface area contributed by atoms with Crippen molar-refractivity contribution in [3.8, 4) is 11.3 Å². The monoisotopic (exact) mass is 389 g/mol. The van der Waals surface area contributed by atoms with Crippen LogP contribution in [0.4, 0.5) is 5.13 Å². The molecule has 126 valence electrons. The van der Waals surface area contributed by atoms with E-state index in [1.54, 1.807) is 23.5 Å². The van der Waals surface area contributed by atoms with Crippen molar-refractivity contribution in [2.75, 3.05) is 23.6 Å². The van der Waals surface area contributed by atoms with E-state index in [2.05, 4.69) is 22.4 Å². The summed E-state index contributed by atoms with van der Waals surface area (Å²) < 4.78 is 0. The maximum Gasteiger partial charge on any atom is 0.243 e. The largest absolute Gasteiger partial charge is 0.320 e.